The number of carbonyl (C=O) groups is 1. The van der Waals surface area contributed by atoms with E-state index in [1.807, 2.05) is 25.7 Å². The van der Waals surface area contributed by atoms with Gasteiger partial charge in [0.15, 0.2) is 0 Å². The molecule has 4 nitrogen and oxygen atoms in total. The minimum atomic E-state index is -0.408. The molecule has 1 saturated carbocycles. The Kier molecular flexibility index (Phi) is 5.53. The van der Waals surface area contributed by atoms with Crippen molar-refractivity contribution in [3.63, 3.8) is 0 Å². The molecular weight excluding hydrogens is 264 g/mol. The van der Waals surface area contributed by atoms with Crippen LogP contribution in [0.25, 0.3) is 0 Å². The van der Waals surface area contributed by atoms with Crippen LogP contribution < -0.4 is 5.32 Å². The van der Waals surface area contributed by atoms with Gasteiger partial charge >= 0.3 is 6.09 Å². The lowest BCUT2D eigenvalue weighted by Crippen LogP contribution is -2.50. The molecule has 0 radical (unpaired) electrons. The summed E-state index contributed by atoms with van der Waals surface area (Å²) in [6, 6.07) is 0.990. The van der Waals surface area contributed by atoms with Crippen LogP contribution in [-0.2, 0) is 4.74 Å². The van der Waals surface area contributed by atoms with Crippen LogP contribution in [0, 0.1) is 5.92 Å². The summed E-state index contributed by atoms with van der Waals surface area (Å²) in [4.78, 5) is 14.3. The highest BCUT2D eigenvalue weighted by molar-refractivity contribution is 5.68. The second kappa shape index (κ2) is 6.99. The third-order valence-corrected chi connectivity index (χ3v) is 4.45. The normalized spacial score (nSPS) is 29.3. The van der Waals surface area contributed by atoms with Gasteiger partial charge in [0.05, 0.1) is 0 Å². The molecule has 1 aliphatic carbocycles. The SMILES string of the molecule is CCCC1CC1NCC1CCCCN1C(=O)OC(C)(C)C. The van der Waals surface area contributed by atoms with Crippen molar-refractivity contribution in [1.82, 2.24) is 10.2 Å². The summed E-state index contributed by atoms with van der Waals surface area (Å²) in [7, 11) is 0. The summed E-state index contributed by atoms with van der Waals surface area (Å²) in [6.45, 7) is 9.81. The number of nitrogens with zero attached hydrogens (tertiary/aromatic N) is 1. The van der Waals surface area contributed by atoms with Crippen molar-refractivity contribution >= 4 is 6.09 Å². The zero-order valence-corrected chi connectivity index (χ0v) is 14.2. The first kappa shape index (κ1) is 16.6. The van der Waals surface area contributed by atoms with E-state index in [0.717, 1.165) is 31.8 Å². The summed E-state index contributed by atoms with van der Waals surface area (Å²) in [5.74, 6) is 0.869. The van der Waals surface area contributed by atoms with Crippen LogP contribution in [0.1, 0.15) is 66.2 Å². The van der Waals surface area contributed by atoms with Crippen molar-refractivity contribution in [2.24, 2.45) is 5.92 Å². The van der Waals surface area contributed by atoms with E-state index in [9.17, 15) is 4.79 Å². The van der Waals surface area contributed by atoms with E-state index >= 15 is 0 Å². The lowest BCUT2D eigenvalue weighted by Gasteiger charge is -2.37. The minimum Gasteiger partial charge on any atom is -0.444 e. The number of piperidine rings is 1. The third kappa shape index (κ3) is 5.17. The largest absolute Gasteiger partial charge is 0.444 e. The molecule has 1 heterocycles. The van der Waals surface area contributed by atoms with Gasteiger partial charge in [-0.1, -0.05) is 13.3 Å². The average molecular weight is 296 g/mol. The van der Waals surface area contributed by atoms with Gasteiger partial charge in [-0.15, -0.1) is 0 Å². The van der Waals surface area contributed by atoms with E-state index < -0.39 is 5.60 Å². The molecule has 122 valence electrons. The summed E-state index contributed by atoms with van der Waals surface area (Å²) in [5.41, 5.74) is -0.408. The Hall–Kier alpha value is -0.770. The fourth-order valence-corrected chi connectivity index (χ4v) is 3.25. The highest BCUT2D eigenvalue weighted by Crippen LogP contribution is 2.34. The fourth-order valence-electron chi connectivity index (χ4n) is 3.25. The Morgan fingerprint density at radius 3 is 2.76 bits per heavy atom. The predicted octanol–water partition coefficient (Wildman–Crippen LogP) is 3.55. The van der Waals surface area contributed by atoms with E-state index in [-0.39, 0.29) is 6.09 Å². The summed E-state index contributed by atoms with van der Waals surface area (Å²) >= 11 is 0. The molecule has 2 rings (SSSR count). The van der Waals surface area contributed by atoms with Crippen LogP contribution >= 0.6 is 0 Å². The highest BCUT2D eigenvalue weighted by atomic mass is 16.6. The van der Waals surface area contributed by atoms with Crippen molar-refractivity contribution < 1.29 is 9.53 Å². The van der Waals surface area contributed by atoms with Crippen LogP contribution in [0.3, 0.4) is 0 Å². The number of carbonyl (C=O) groups excluding carboxylic acids is 1. The molecule has 1 aliphatic heterocycles. The zero-order valence-electron chi connectivity index (χ0n) is 14.2. The molecule has 1 amide bonds. The van der Waals surface area contributed by atoms with E-state index in [0.29, 0.717) is 12.1 Å². The number of rotatable bonds is 5. The maximum absolute atomic E-state index is 12.3. The Balaban J connectivity index is 1.80. The quantitative estimate of drug-likeness (QED) is 0.843. The Morgan fingerprint density at radius 1 is 1.33 bits per heavy atom. The predicted molar refractivity (Wildman–Crippen MR) is 85.4 cm³/mol. The van der Waals surface area contributed by atoms with Gasteiger partial charge < -0.3 is 15.0 Å². The maximum atomic E-state index is 12.3. The number of amides is 1. The van der Waals surface area contributed by atoms with Crippen LogP contribution in [0.4, 0.5) is 4.79 Å². The molecule has 2 aliphatic rings. The van der Waals surface area contributed by atoms with Gasteiger partial charge in [-0.05, 0) is 58.8 Å². The number of likely N-dealkylation sites (tertiary alicyclic amines) is 1. The molecule has 3 unspecified atom stereocenters. The van der Waals surface area contributed by atoms with E-state index in [1.54, 1.807) is 0 Å². The summed E-state index contributed by atoms with van der Waals surface area (Å²) in [6.07, 6.45) is 7.18. The highest BCUT2D eigenvalue weighted by Gasteiger charge is 2.37. The van der Waals surface area contributed by atoms with Crippen molar-refractivity contribution in [1.29, 1.82) is 0 Å². The van der Waals surface area contributed by atoms with Crippen LogP contribution in [0.15, 0.2) is 0 Å². The second-order valence-electron chi connectivity index (χ2n) is 7.62. The monoisotopic (exact) mass is 296 g/mol. The van der Waals surface area contributed by atoms with E-state index in [1.165, 1.54) is 25.7 Å². The van der Waals surface area contributed by atoms with Gasteiger partial charge in [0.25, 0.3) is 0 Å². The van der Waals surface area contributed by atoms with Crippen molar-refractivity contribution in [2.45, 2.75) is 83.9 Å². The Bertz CT molecular complexity index is 351. The molecule has 3 atom stereocenters. The molecule has 0 aromatic heterocycles. The van der Waals surface area contributed by atoms with E-state index in [2.05, 4.69) is 12.2 Å². The van der Waals surface area contributed by atoms with Gasteiger partial charge in [-0.2, -0.15) is 0 Å². The van der Waals surface area contributed by atoms with Gasteiger partial charge in [-0.25, -0.2) is 4.79 Å². The van der Waals surface area contributed by atoms with Crippen LogP contribution in [0.2, 0.25) is 0 Å². The van der Waals surface area contributed by atoms with Crippen molar-refractivity contribution in [2.75, 3.05) is 13.1 Å². The molecule has 0 spiro atoms. The molecule has 1 saturated heterocycles. The standard InChI is InChI=1S/C17H32N2O2/c1-5-8-13-11-15(13)18-12-14-9-6-7-10-19(14)16(20)21-17(2,3)4/h13-15,18H,5-12H2,1-4H3. The second-order valence-corrected chi connectivity index (χ2v) is 7.62. The molecule has 4 heteroatoms. The first-order valence-corrected chi connectivity index (χ1v) is 8.63. The fraction of sp³-hybridized carbons (Fsp3) is 0.941. The first-order valence-electron chi connectivity index (χ1n) is 8.63. The smallest absolute Gasteiger partial charge is 0.410 e. The number of hydrogen-bond donors (Lipinski definition) is 1. The number of nitrogens with one attached hydrogen (secondary N) is 1. The Labute approximate surface area is 129 Å². The van der Waals surface area contributed by atoms with Crippen LogP contribution in [-0.4, -0.2) is 41.8 Å². The molecular formula is C17H32N2O2. The first-order chi connectivity index (χ1) is 9.90. The van der Waals surface area contributed by atoms with Crippen molar-refractivity contribution in [3.8, 4) is 0 Å². The van der Waals surface area contributed by atoms with Gasteiger partial charge in [0, 0.05) is 25.2 Å². The van der Waals surface area contributed by atoms with Crippen molar-refractivity contribution in [3.05, 3.63) is 0 Å². The maximum Gasteiger partial charge on any atom is 0.410 e. The molecule has 0 aromatic rings. The average Bonchev–Trinajstić information content (AvgIpc) is 3.13. The van der Waals surface area contributed by atoms with Gasteiger partial charge in [-0.3, -0.25) is 0 Å². The Morgan fingerprint density at radius 2 is 2.10 bits per heavy atom. The number of hydrogen-bond acceptors (Lipinski definition) is 3. The molecule has 1 N–H and O–H groups in total. The molecule has 0 aromatic carbocycles. The minimum absolute atomic E-state index is 0.144. The summed E-state index contributed by atoms with van der Waals surface area (Å²) in [5, 5.41) is 3.66. The third-order valence-electron chi connectivity index (χ3n) is 4.45. The lowest BCUT2D eigenvalue weighted by molar-refractivity contribution is 0.00988. The molecule has 0 bridgehead atoms. The van der Waals surface area contributed by atoms with Gasteiger partial charge in [0.2, 0.25) is 0 Å². The van der Waals surface area contributed by atoms with Gasteiger partial charge in [0.1, 0.15) is 5.60 Å². The van der Waals surface area contributed by atoms with E-state index in [4.69, 9.17) is 4.74 Å². The summed E-state index contributed by atoms with van der Waals surface area (Å²) < 4.78 is 5.55. The molecule has 21 heavy (non-hydrogen) atoms. The number of ether oxygens (including phenoxy) is 1. The molecule has 2 fully saturated rings. The topological polar surface area (TPSA) is 41.6 Å². The van der Waals surface area contributed by atoms with Crippen LogP contribution in [0.5, 0.6) is 0 Å². The zero-order chi connectivity index (χ0) is 15.5. The lowest BCUT2D eigenvalue weighted by atomic mass is 10.0.